The van der Waals surface area contributed by atoms with Crippen LogP contribution in [0.1, 0.15) is 5.69 Å². The monoisotopic (exact) mass is 288 g/mol. The highest BCUT2D eigenvalue weighted by Crippen LogP contribution is 2.26. The van der Waals surface area contributed by atoms with Gasteiger partial charge >= 0.3 is 0 Å². The molecule has 2 rings (SSSR count). The van der Waals surface area contributed by atoms with E-state index < -0.39 is 11.6 Å². The zero-order chi connectivity index (χ0) is 11.7. The van der Waals surface area contributed by atoms with E-state index in [2.05, 4.69) is 25.9 Å². The molecule has 2 aromatic rings. The maximum absolute atomic E-state index is 13.5. The van der Waals surface area contributed by atoms with Crippen molar-refractivity contribution in [1.82, 2.24) is 9.97 Å². The van der Waals surface area contributed by atoms with Crippen LogP contribution in [-0.2, 0) is 6.61 Å². The van der Waals surface area contributed by atoms with Crippen molar-refractivity contribution >= 4 is 15.9 Å². The van der Waals surface area contributed by atoms with Crippen LogP contribution in [0.3, 0.4) is 0 Å². The Kier molecular flexibility index (Phi) is 3.02. The molecule has 0 aliphatic carbocycles. The predicted molar refractivity (Wildman–Crippen MR) is 57.6 cm³/mol. The van der Waals surface area contributed by atoms with Gasteiger partial charge in [-0.15, -0.1) is 0 Å². The topological polar surface area (TPSA) is 48.9 Å². The van der Waals surface area contributed by atoms with Crippen molar-refractivity contribution < 1.29 is 13.9 Å². The molecule has 0 aliphatic rings. The molecule has 16 heavy (non-hydrogen) atoms. The lowest BCUT2D eigenvalue weighted by Gasteiger charge is -2.02. The highest BCUT2D eigenvalue weighted by molar-refractivity contribution is 9.10. The fraction of sp³-hybridized carbons (Fsp3) is 0.100. The van der Waals surface area contributed by atoms with Gasteiger partial charge < -0.3 is 10.1 Å². The van der Waals surface area contributed by atoms with Crippen LogP contribution in [0.15, 0.2) is 22.8 Å². The molecular formula is C10H7BrF2N2O. The molecule has 1 aromatic carbocycles. The highest BCUT2D eigenvalue weighted by Gasteiger charge is 2.15. The van der Waals surface area contributed by atoms with Crippen molar-refractivity contribution in [3.8, 4) is 11.4 Å². The van der Waals surface area contributed by atoms with E-state index in [9.17, 15) is 8.78 Å². The van der Waals surface area contributed by atoms with Gasteiger partial charge in [-0.3, -0.25) is 0 Å². The summed E-state index contributed by atoms with van der Waals surface area (Å²) in [4.78, 5) is 6.53. The Morgan fingerprint density at radius 3 is 2.69 bits per heavy atom. The molecular weight excluding hydrogens is 282 g/mol. The largest absolute Gasteiger partial charge is 0.390 e. The van der Waals surface area contributed by atoms with Gasteiger partial charge in [-0.2, -0.15) is 0 Å². The van der Waals surface area contributed by atoms with Crippen LogP contribution in [0.2, 0.25) is 0 Å². The fourth-order valence-corrected chi connectivity index (χ4v) is 1.59. The maximum atomic E-state index is 13.5. The Hall–Kier alpha value is -1.27. The van der Waals surface area contributed by atoms with Gasteiger partial charge in [0.05, 0.1) is 28.5 Å². The molecule has 0 fully saturated rings. The maximum Gasteiger partial charge on any atom is 0.173 e. The Morgan fingerprint density at radius 1 is 1.31 bits per heavy atom. The number of imidazole rings is 1. The van der Waals surface area contributed by atoms with Gasteiger partial charge in [-0.05, 0) is 28.1 Å². The minimum absolute atomic E-state index is 0.0281. The van der Waals surface area contributed by atoms with Crippen LogP contribution < -0.4 is 0 Å². The molecule has 0 aliphatic heterocycles. The molecule has 1 heterocycles. The highest BCUT2D eigenvalue weighted by atomic mass is 79.9. The van der Waals surface area contributed by atoms with E-state index in [0.29, 0.717) is 5.69 Å². The second-order valence-corrected chi connectivity index (χ2v) is 3.99. The van der Waals surface area contributed by atoms with Gasteiger partial charge in [0.15, 0.2) is 11.6 Å². The summed E-state index contributed by atoms with van der Waals surface area (Å²) in [6, 6.07) is 2.80. The molecule has 0 unspecified atom stereocenters. The molecule has 0 atom stereocenters. The lowest BCUT2D eigenvalue weighted by Crippen LogP contribution is -1.92. The predicted octanol–water partition coefficient (Wildman–Crippen LogP) is 2.61. The zero-order valence-corrected chi connectivity index (χ0v) is 9.55. The first kappa shape index (κ1) is 11.2. The number of benzene rings is 1. The Morgan fingerprint density at radius 2 is 2.06 bits per heavy atom. The van der Waals surface area contributed by atoms with Crippen molar-refractivity contribution in [1.29, 1.82) is 0 Å². The Labute approximate surface area is 98.3 Å². The van der Waals surface area contributed by atoms with E-state index in [0.717, 1.165) is 0 Å². The minimum atomic E-state index is -0.979. The number of nitrogens with one attached hydrogen (secondary N) is 1. The molecule has 0 amide bonds. The van der Waals surface area contributed by atoms with Gasteiger partial charge in [0.2, 0.25) is 0 Å². The number of halogens is 3. The molecule has 0 bridgehead atoms. The van der Waals surface area contributed by atoms with E-state index in [1.54, 1.807) is 0 Å². The van der Waals surface area contributed by atoms with Gasteiger partial charge in [0, 0.05) is 0 Å². The van der Waals surface area contributed by atoms with Crippen LogP contribution in [-0.4, -0.2) is 15.1 Å². The first-order valence-electron chi connectivity index (χ1n) is 4.42. The summed E-state index contributed by atoms with van der Waals surface area (Å²) >= 11 is 2.89. The van der Waals surface area contributed by atoms with Crippen molar-refractivity contribution in [2.75, 3.05) is 0 Å². The number of H-pyrrole nitrogens is 1. The van der Waals surface area contributed by atoms with Crippen LogP contribution in [0.5, 0.6) is 0 Å². The normalized spacial score (nSPS) is 10.8. The third-order valence-electron chi connectivity index (χ3n) is 2.09. The summed E-state index contributed by atoms with van der Waals surface area (Å²) in [5.74, 6) is -1.75. The fourth-order valence-electron chi connectivity index (χ4n) is 1.29. The molecule has 1 aromatic heterocycles. The van der Waals surface area contributed by atoms with E-state index in [1.807, 2.05) is 0 Å². The smallest absolute Gasteiger partial charge is 0.173 e. The van der Waals surface area contributed by atoms with Crippen molar-refractivity contribution in [2.24, 2.45) is 0 Å². The number of rotatable bonds is 2. The average Bonchev–Trinajstić information content (AvgIpc) is 2.74. The number of hydrogen-bond donors (Lipinski definition) is 2. The van der Waals surface area contributed by atoms with Gasteiger partial charge in [0.25, 0.3) is 0 Å². The molecule has 0 saturated heterocycles. The molecule has 0 radical (unpaired) electrons. The molecule has 0 spiro atoms. The second-order valence-electron chi connectivity index (χ2n) is 3.14. The number of aromatic nitrogens is 2. The van der Waals surface area contributed by atoms with Crippen molar-refractivity contribution in [3.05, 3.63) is 40.1 Å². The van der Waals surface area contributed by atoms with E-state index in [1.165, 1.54) is 18.3 Å². The standard InChI is InChI=1S/C10H7BrF2N2O/c11-7-2-1-6(8(12)9(7)13)10-14-3-5(4-16)15-10/h1-3,16H,4H2,(H,14,15). The Bertz CT molecular complexity index is 528. The first-order valence-corrected chi connectivity index (χ1v) is 5.21. The lowest BCUT2D eigenvalue weighted by molar-refractivity contribution is 0.277. The van der Waals surface area contributed by atoms with Gasteiger partial charge in [-0.25, -0.2) is 13.8 Å². The van der Waals surface area contributed by atoms with E-state index in [-0.39, 0.29) is 22.5 Å². The summed E-state index contributed by atoms with van der Waals surface area (Å²) in [6.45, 7) is -0.229. The van der Waals surface area contributed by atoms with Gasteiger partial charge in [0.1, 0.15) is 5.82 Å². The van der Waals surface area contributed by atoms with Crippen molar-refractivity contribution in [3.63, 3.8) is 0 Å². The third kappa shape index (κ3) is 1.85. The van der Waals surface area contributed by atoms with E-state index >= 15 is 0 Å². The quantitative estimate of drug-likeness (QED) is 0.835. The zero-order valence-electron chi connectivity index (χ0n) is 7.97. The second kappa shape index (κ2) is 4.31. The van der Waals surface area contributed by atoms with Crippen LogP contribution in [0.25, 0.3) is 11.4 Å². The molecule has 2 N–H and O–H groups in total. The molecule has 6 heteroatoms. The lowest BCUT2D eigenvalue weighted by atomic mass is 10.2. The number of aromatic amines is 1. The summed E-state index contributed by atoms with van der Waals surface area (Å²) in [6.07, 6.45) is 1.37. The SMILES string of the molecule is OCc1cnc(-c2ccc(Br)c(F)c2F)[nH]1. The number of hydrogen-bond acceptors (Lipinski definition) is 2. The number of aliphatic hydroxyl groups excluding tert-OH is 1. The molecule has 0 saturated carbocycles. The molecule has 3 nitrogen and oxygen atoms in total. The summed E-state index contributed by atoms with van der Waals surface area (Å²) in [5.41, 5.74) is 0.470. The van der Waals surface area contributed by atoms with Crippen LogP contribution in [0.4, 0.5) is 8.78 Å². The number of aliphatic hydroxyl groups is 1. The van der Waals surface area contributed by atoms with Crippen molar-refractivity contribution in [2.45, 2.75) is 6.61 Å². The van der Waals surface area contributed by atoms with Crippen LogP contribution in [0, 0.1) is 11.6 Å². The van der Waals surface area contributed by atoms with Gasteiger partial charge in [-0.1, -0.05) is 0 Å². The summed E-state index contributed by atoms with van der Waals surface area (Å²) in [7, 11) is 0. The number of nitrogens with zero attached hydrogens (tertiary/aromatic N) is 1. The minimum Gasteiger partial charge on any atom is -0.390 e. The molecule has 84 valence electrons. The summed E-state index contributed by atoms with van der Waals surface area (Å²) < 4.78 is 26.8. The summed E-state index contributed by atoms with van der Waals surface area (Å²) in [5, 5.41) is 8.82. The van der Waals surface area contributed by atoms with E-state index in [4.69, 9.17) is 5.11 Å². The van der Waals surface area contributed by atoms with Crippen LogP contribution >= 0.6 is 15.9 Å². The Balaban J connectivity index is 2.52. The first-order chi connectivity index (χ1) is 7.63. The average molecular weight is 289 g/mol. The third-order valence-corrected chi connectivity index (χ3v) is 2.70.